The molecule has 0 spiro atoms. The van der Waals surface area contributed by atoms with Gasteiger partial charge in [-0.1, -0.05) is 5.16 Å². The van der Waals surface area contributed by atoms with Gasteiger partial charge < -0.3 is 28.8 Å². The van der Waals surface area contributed by atoms with Crippen molar-refractivity contribution >= 4 is 11.6 Å². The third kappa shape index (κ3) is 4.28. The molecule has 1 aromatic heterocycles. The van der Waals surface area contributed by atoms with Crippen molar-refractivity contribution in [1.82, 2.24) is 5.16 Å². The van der Waals surface area contributed by atoms with E-state index in [1.807, 2.05) is 25.1 Å². The standard InChI is InChI=1S/C23H24N2O6/c1-13-7-15-8-14(5-6-18(15)30-13)19-11-17(25-31-19)12-22(26)24-16-9-20(27-2)23(29-4)21(10-16)28-3/h5-6,8-11,13H,7,12H2,1-4H3,(H,24,26). The van der Waals surface area contributed by atoms with E-state index in [4.69, 9.17) is 23.5 Å². The van der Waals surface area contributed by atoms with E-state index in [0.717, 1.165) is 23.3 Å². The molecule has 0 radical (unpaired) electrons. The van der Waals surface area contributed by atoms with Gasteiger partial charge in [0.1, 0.15) is 11.9 Å². The number of amides is 1. The molecule has 0 bridgehead atoms. The number of fused-ring (bicyclic) bond motifs is 1. The Morgan fingerprint density at radius 2 is 1.84 bits per heavy atom. The van der Waals surface area contributed by atoms with Crippen LogP contribution in [-0.2, 0) is 17.6 Å². The summed E-state index contributed by atoms with van der Waals surface area (Å²) in [7, 11) is 4.56. The van der Waals surface area contributed by atoms with Crippen molar-refractivity contribution in [2.45, 2.75) is 25.9 Å². The van der Waals surface area contributed by atoms with Gasteiger partial charge in [-0.2, -0.15) is 0 Å². The molecule has 1 N–H and O–H groups in total. The Hall–Kier alpha value is -3.68. The number of nitrogens with zero attached hydrogens (tertiary/aromatic N) is 1. The molecule has 4 rings (SSSR count). The molecule has 1 unspecified atom stereocenters. The molecule has 0 fully saturated rings. The lowest BCUT2D eigenvalue weighted by molar-refractivity contribution is -0.115. The Labute approximate surface area is 180 Å². The average Bonchev–Trinajstić information content (AvgIpc) is 3.37. The summed E-state index contributed by atoms with van der Waals surface area (Å²) in [6.07, 6.45) is 1.10. The Kier molecular flexibility index (Phi) is 5.70. The van der Waals surface area contributed by atoms with Crippen LogP contribution in [0.4, 0.5) is 5.69 Å². The van der Waals surface area contributed by atoms with E-state index < -0.39 is 0 Å². The number of hydrogen-bond donors (Lipinski definition) is 1. The first-order chi connectivity index (χ1) is 15.0. The maximum atomic E-state index is 12.5. The number of carbonyl (C=O) groups excluding carboxylic acids is 1. The third-order valence-electron chi connectivity index (χ3n) is 5.03. The quantitative estimate of drug-likeness (QED) is 0.615. The van der Waals surface area contributed by atoms with Crippen LogP contribution in [0.3, 0.4) is 0 Å². The molecule has 8 nitrogen and oxygen atoms in total. The number of methoxy groups -OCH3 is 3. The molecular formula is C23H24N2O6. The fourth-order valence-electron chi connectivity index (χ4n) is 3.63. The minimum Gasteiger partial charge on any atom is -0.493 e. The van der Waals surface area contributed by atoms with Crippen LogP contribution < -0.4 is 24.3 Å². The van der Waals surface area contributed by atoms with Crippen LogP contribution in [0.5, 0.6) is 23.0 Å². The highest BCUT2D eigenvalue weighted by molar-refractivity contribution is 5.93. The van der Waals surface area contributed by atoms with Gasteiger partial charge >= 0.3 is 0 Å². The van der Waals surface area contributed by atoms with E-state index in [0.29, 0.717) is 34.4 Å². The predicted octanol–water partition coefficient (Wildman–Crippen LogP) is 3.87. The summed E-state index contributed by atoms with van der Waals surface area (Å²) in [4.78, 5) is 12.5. The molecule has 2 aromatic carbocycles. The molecule has 2 heterocycles. The lowest BCUT2D eigenvalue weighted by Crippen LogP contribution is -2.14. The lowest BCUT2D eigenvalue weighted by atomic mass is 10.1. The number of benzene rings is 2. The van der Waals surface area contributed by atoms with E-state index >= 15 is 0 Å². The Morgan fingerprint density at radius 3 is 2.52 bits per heavy atom. The maximum Gasteiger partial charge on any atom is 0.230 e. The summed E-state index contributed by atoms with van der Waals surface area (Å²) in [5.41, 5.74) is 3.10. The Bertz CT molecular complexity index is 1080. The van der Waals surface area contributed by atoms with Crippen LogP contribution in [-0.4, -0.2) is 38.5 Å². The fourth-order valence-corrected chi connectivity index (χ4v) is 3.63. The summed E-state index contributed by atoms with van der Waals surface area (Å²) in [6.45, 7) is 2.04. The Balaban J connectivity index is 1.46. The van der Waals surface area contributed by atoms with Crippen molar-refractivity contribution in [2.75, 3.05) is 26.6 Å². The highest BCUT2D eigenvalue weighted by atomic mass is 16.5. The van der Waals surface area contributed by atoms with E-state index in [-0.39, 0.29) is 18.4 Å². The van der Waals surface area contributed by atoms with Crippen molar-refractivity contribution < 1.29 is 28.3 Å². The van der Waals surface area contributed by atoms with Crippen LogP contribution in [0, 0.1) is 0 Å². The molecule has 0 saturated carbocycles. The lowest BCUT2D eigenvalue weighted by Gasteiger charge is -2.14. The first-order valence-corrected chi connectivity index (χ1v) is 9.86. The van der Waals surface area contributed by atoms with E-state index in [2.05, 4.69) is 10.5 Å². The van der Waals surface area contributed by atoms with E-state index in [1.165, 1.54) is 21.3 Å². The molecule has 1 amide bonds. The summed E-state index contributed by atoms with van der Waals surface area (Å²) < 4.78 is 27.1. The number of nitrogens with one attached hydrogen (secondary N) is 1. The zero-order valence-electron chi connectivity index (χ0n) is 17.9. The molecule has 1 aliphatic rings. The smallest absolute Gasteiger partial charge is 0.230 e. The molecule has 31 heavy (non-hydrogen) atoms. The van der Waals surface area contributed by atoms with Gasteiger partial charge in [0.15, 0.2) is 17.3 Å². The summed E-state index contributed by atoms with van der Waals surface area (Å²) in [5.74, 6) is 2.63. The fraction of sp³-hybridized carbons (Fsp3) is 0.304. The zero-order chi connectivity index (χ0) is 22.0. The number of carbonyl (C=O) groups is 1. The Morgan fingerprint density at radius 1 is 1.10 bits per heavy atom. The van der Waals surface area contributed by atoms with E-state index in [1.54, 1.807) is 18.2 Å². The highest BCUT2D eigenvalue weighted by Crippen LogP contribution is 2.40. The van der Waals surface area contributed by atoms with Crippen molar-refractivity contribution in [1.29, 1.82) is 0 Å². The van der Waals surface area contributed by atoms with Gasteiger partial charge in [-0.15, -0.1) is 0 Å². The van der Waals surface area contributed by atoms with Crippen molar-refractivity contribution in [3.05, 3.63) is 47.7 Å². The first kappa shape index (κ1) is 20.6. The number of ether oxygens (including phenoxy) is 4. The monoisotopic (exact) mass is 424 g/mol. The van der Waals surface area contributed by atoms with Crippen LogP contribution in [0.15, 0.2) is 40.9 Å². The summed E-state index contributed by atoms with van der Waals surface area (Å²) in [6, 6.07) is 11.0. The van der Waals surface area contributed by atoms with Gasteiger partial charge in [-0.3, -0.25) is 4.79 Å². The number of hydrogen-bond acceptors (Lipinski definition) is 7. The molecular weight excluding hydrogens is 400 g/mol. The van der Waals surface area contributed by atoms with Crippen molar-refractivity contribution in [3.8, 4) is 34.3 Å². The SMILES string of the molecule is COc1cc(NC(=O)Cc2cc(-c3ccc4c(c3)CC(C)O4)on2)cc(OC)c1OC. The molecule has 8 heteroatoms. The molecule has 3 aromatic rings. The second kappa shape index (κ2) is 8.59. The van der Waals surface area contributed by atoms with Crippen LogP contribution in [0.2, 0.25) is 0 Å². The zero-order valence-corrected chi connectivity index (χ0v) is 17.9. The van der Waals surface area contributed by atoms with Gasteiger partial charge in [0.2, 0.25) is 11.7 Å². The average molecular weight is 424 g/mol. The van der Waals surface area contributed by atoms with Gasteiger partial charge in [-0.05, 0) is 30.7 Å². The molecule has 1 atom stereocenters. The molecule has 0 saturated heterocycles. The van der Waals surface area contributed by atoms with Gasteiger partial charge in [-0.25, -0.2) is 0 Å². The molecule has 1 aliphatic heterocycles. The van der Waals surface area contributed by atoms with Crippen molar-refractivity contribution in [3.63, 3.8) is 0 Å². The van der Waals surface area contributed by atoms with Gasteiger partial charge in [0.05, 0.1) is 33.4 Å². The topological polar surface area (TPSA) is 92.1 Å². The predicted molar refractivity (Wildman–Crippen MR) is 114 cm³/mol. The number of anilines is 1. The third-order valence-corrected chi connectivity index (χ3v) is 5.03. The highest BCUT2D eigenvalue weighted by Gasteiger charge is 2.21. The van der Waals surface area contributed by atoms with Gasteiger partial charge in [0.25, 0.3) is 0 Å². The largest absolute Gasteiger partial charge is 0.493 e. The number of aromatic nitrogens is 1. The first-order valence-electron chi connectivity index (χ1n) is 9.86. The summed E-state index contributed by atoms with van der Waals surface area (Å²) >= 11 is 0. The normalized spacial score (nSPS) is 14.5. The van der Waals surface area contributed by atoms with E-state index in [9.17, 15) is 4.79 Å². The minimum atomic E-state index is -0.245. The van der Waals surface area contributed by atoms with Crippen LogP contribution in [0.25, 0.3) is 11.3 Å². The molecule has 162 valence electrons. The van der Waals surface area contributed by atoms with Crippen molar-refractivity contribution in [2.24, 2.45) is 0 Å². The minimum absolute atomic E-state index is 0.0608. The second-order valence-corrected chi connectivity index (χ2v) is 7.28. The van der Waals surface area contributed by atoms with Crippen LogP contribution in [0.1, 0.15) is 18.2 Å². The maximum absolute atomic E-state index is 12.5. The second-order valence-electron chi connectivity index (χ2n) is 7.28. The van der Waals surface area contributed by atoms with Gasteiger partial charge in [0, 0.05) is 35.9 Å². The van der Waals surface area contributed by atoms with Crippen LogP contribution >= 0.6 is 0 Å². The molecule has 0 aliphatic carbocycles. The number of rotatable bonds is 7. The summed E-state index contributed by atoms with van der Waals surface area (Å²) in [5, 5.41) is 6.87.